The van der Waals surface area contributed by atoms with E-state index in [9.17, 15) is 4.79 Å². The fourth-order valence-electron chi connectivity index (χ4n) is 3.59. The van der Waals surface area contributed by atoms with Crippen molar-refractivity contribution in [2.45, 2.75) is 32.1 Å². The number of amides is 1. The number of carbonyl (C=O) groups excluding carboxylic acids is 1. The summed E-state index contributed by atoms with van der Waals surface area (Å²) in [6.45, 7) is 1.90. The number of likely N-dealkylation sites (tertiary alicyclic amines) is 1. The predicted molar refractivity (Wildman–Crippen MR) is 80.1 cm³/mol. The quantitative estimate of drug-likeness (QED) is 0.762. The average molecular weight is 322 g/mol. The molecular weight excluding hydrogens is 302 g/mol. The standard InChI is InChI=1S/C16H20BrNO/c17-15-8-4-3-7-14(15)16(19)18-10-9-12-5-1-2-6-13(12)11-18/h3-4,7-8,12-13H,1-2,5-6,9-11H2. The monoisotopic (exact) mass is 321 g/mol. The van der Waals surface area contributed by atoms with Crippen LogP contribution in [-0.4, -0.2) is 23.9 Å². The molecule has 0 aromatic heterocycles. The highest BCUT2D eigenvalue weighted by Crippen LogP contribution is 2.36. The predicted octanol–water partition coefficient (Wildman–Crippen LogP) is 4.10. The molecule has 3 heteroatoms. The van der Waals surface area contributed by atoms with Crippen LogP contribution in [0.2, 0.25) is 0 Å². The summed E-state index contributed by atoms with van der Waals surface area (Å²) in [5.74, 6) is 1.81. The number of carbonyl (C=O) groups is 1. The van der Waals surface area contributed by atoms with Crippen LogP contribution in [0.1, 0.15) is 42.5 Å². The molecule has 19 heavy (non-hydrogen) atoms. The van der Waals surface area contributed by atoms with E-state index in [2.05, 4.69) is 20.8 Å². The Morgan fingerprint density at radius 2 is 1.84 bits per heavy atom. The zero-order valence-corrected chi connectivity index (χ0v) is 12.7. The average Bonchev–Trinajstić information content (AvgIpc) is 2.46. The maximum atomic E-state index is 12.6. The summed E-state index contributed by atoms with van der Waals surface area (Å²) in [5.41, 5.74) is 0.803. The van der Waals surface area contributed by atoms with Crippen LogP contribution in [0, 0.1) is 11.8 Å². The lowest BCUT2D eigenvalue weighted by atomic mass is 9.75. The molecule has 0 bridgehead atoms. The first-order chi connectivity index (χ1) is 9.25. The molecule has 1 saturated heterocycles. The lowest BCUT2D eigenvalue weighted by molar-refractivity contribution is 0.0520. The van der Waals surface area contributed by atoms with E-state index in [0.717, 1.165) is 35.0 Å². The first-order valence-corrected chi connectivity index (χ1v) is 8.09. The van der Waals surface area contributed by atoms with Crippen LogP contribution in [0.4, 0.5) is 0 Å². The van der Waals surface area contributed by atoms with Crippen LogP contribution < -0.4 is 0 Å². The Balaban J connectivity index is 1.73. The fourth-order valence-corrected chi connectivity index (χ4v) is 4.04. The largest absolute Gasteiger partial charge is 0.338 e. The normalized spacial score (nSPS) is 26.9. The molecule has 2 unspecified atom stereocenters. The van der Waals surface area contributed by atoms with Crippen LogP contribution in [-0.2, 0) is 0 Å². The van der Waals surface area contributed by atoms with Gasteiger partial charge in [0.05, 0.1) is 5.56 Å². The van der Waals surface area contributed by atoms with Gasteiger partial charge in [-0.15, -0.1) is 0 Å². The number of nitrogens with zero attached hydrogens (tertiary/aromatic N) is 1. The minimum atomic E-state index is 0.191. The van der Waals surface area contributed by atoms with Gasteiger partial charge in [0.15, 0.2) is 0 Å². The van der Waals surface area contributed by atoms with Crippen LogP contribution >= 0.6 is 15.9 Å². The molecule has 1 aliphatic heterocycles. The second-order valence-corrected chi connectivity index (χ2v) is 6.68. The number of fused-ring (bicyclic) bond motifs is 1. The highest BCUT2D eigenvalue weighted by atomic mass is 79.9. The van der Waals surface area contributed by atoms with E-state index in [4.69, 9.17) is 0 Å². The van der Waals surface area contributed by atoms with Gasteiger partial charge in [-0.2, -0.15) is 0 Å². The Hall–Kier alpha value is -0.830. The Kier molecular flexibility index (Phi) is 3.92. The summed E-state index contributed by atoms with van der Waals surface area (Å²) in [4.78, 5) is 14.7. The van der Waals surface area contributed by atoms with Gasteiger partial charge in [0, 0.05) is 17.6 Å². The van der Waals surface area contributed by atoms with E-state index < -0.39 is 0 Å². The molecule has 0 N–H and O–H groups in total. The van der Waals surface area contributed by atoms with Crippen LogP contribution in [0.3, 0.4) is 0 Å². The highest BCUT2D eigenvalue weighted by Gasteiger charge is 2.33. The molecule has 2 nitrogen and oxygen atoms in total. The van der Waals surface area contributed by atoms with E-state index >= 15 is 0 Å². The lowest BCUT2D eigenvalue weighted by Crippen LogP contribution is -2.44. The van der Waals surface area contributed by atoms with Gasteiger partial charge < -0.3 is 4.90 Å². The van der Waals surface area contributed by atoms with Gasteiger partial charge in [0.2, 0.25) is 0 Å². The number of rotatable bonds is 1. The van der Waals surface area contributed by atoms with Crippen LogP contribution in [0.15, 0.2) is 28.7 Å². The number of hydrogen-bond acceptors (Lipinski definition) is 1. The van der Waals surface area contributed by atoms with Crippen molar-refractivity contribution in [1.29, 1.82) is 0 Å². The van der Waals surface area contributed by atoms with Crippen molar-refractivity contribution < 1.29 is 4.79 Å². The molecule has 1 heterocycles. The van der Waals surface area contributed by atoms with Crippen molar-refractivity contribution in [3.8, 4) is 0 Å². The van der Waals surface area contributed by atoms with Gasteiger partial charge in [0.1, 0.15) is 0 Å². The maximum absolute atomic E-state index is 12.6. The van der Waals surface area contributed by atoms with Crippen molar-refractivity contribution in [3.05, 3.63) is 34.3 Å². The summed E-state index contributed by atoms with van der Waals surface area (Å²) in [6.07, 6.45) is 6.62. The summed E-state index contributed by atoms with van der Waals surface area (Å²) in [6, 6.07) is 7.75. The van der Waals surface area contributed by atoms with Crippen molar-refractivity contribution in [2.24, 2.45) is 11.8 Å². The molecule has 1 aliphatic carbocycles. The fraction of sp³-hybridized carbons (Fsp3) is 0.562. The minimum absolute atomic E-state index is 0.191. The molecule has 1 aromatic carbocycles. The van der Waals surface area contributed by atoms with E-state index in [-0.39, 0.29) is 5.91 Å². The molecule has 1 saturated carbocycles. The van der Waals surface area contributed by atoms with E-state index in [0.29, 0.717) is 0 Å². The molecule has 3 rings (SSSR count). The van der Waals surface area contributed by atoms with Crippen molar-refractivity contribution >= 4 is 21.8 Å². The van der Waals surface area contributed by atoms with Gasteiger partial charge in [-0.3, -0.25) is 4.79 Å². The second kappa shape index (κ2) is 5.66. The number of piperidine rings is 1. The second-order valence-electron chi connectivity index (χ2n) is 5.82. The van der Waals surface area contributed by atoms with Gasteiger partial charge in [-0.05, 0) is 52.7 Å². The third-order valence-corrected chi connectivity index (χ3v) is 5.37. The summed E-state index contributed by atoms with van der Waals surface area (Å²) in [5, 5.41) is 0. The first-order valence-electron chi connectivity index (χ1n) is 7.29. The van der Waals surface area contributed by atoms with Gasteiger partial charge >= 0.3 is 0 Å². The SMILES string of the molecule is O=C(c1ccccc1Br)N1CCC2CCCCC2C1. The Bertz CT molecular complexity index is 474. The maximum Gasteiger partial charge on any atom is 0.255 e. The molecule has 2 atom stereocenters. The van der Waals surface area contributed by atoms with E-state index in [1.165, 1.54) is 32.1 Å². The Morgan fingerprint density at radius 1 is 1.11 bits per heavy atom. The topological polar surface area (TPSA) is 20.3 Å². The van der Waals surface area contributed by atoms with E-state index in [1.807, 2.05) is 24.3 Å². The third-order valence-electron chi connectivity index (χ3n) is 4.68. The Morgan fingerprint density at radius 3 is 2.63 bits per heavy atom. The van der Waals surface area contributed by atoms with Crippen LogP contribution in [0.5, 0.6) is 0 Å². The summed E-state index contributed by atoms with van der Waals surface area (Å²) >= 11 is 3.48. The zero-order valence-electron chi connectivity index (χ0n) is 11.1. The van der Waals surface area contributed by atoms with Crippen molar-refractivity contribution in [3.63, 3.8) is 0 Å². The molecule has 0 radical (unpaired) electrons. The molecule has 2 aliphatic rings. The number of benzene rings is 1. The molecule has 2 fully saturated rings. The number of hydrogen-bond donors (Lipinski definition) is 0. The zero-order chi connectivity index (χ0) is 13.2. The Labute approximate surface area is 123 Å². The van der Waals surface area contributed by atoms with Crippen LogP contribution in [0.25, 0.3) is 0 Å². The van der Waals surface area contributed by atoms with Crippen molar-refractivity contribution in [1.82, 2.24) is 4.90 Å². The first kappa shape index (κ1) is 13.2. The van der Waals surface area contributed by atoms with E-state index in [1.54, 1.807) is 0 Å². The van der Waals surface area contributed by atoms with Crippen molar-refractivity contribution in [2.75, 3.05) is 13.1 Å². The smallest absolute Gasteiger partial charge is 0.255 e. The lowest BCUT2D eigenvalue weighted by Gasteiger charge is -2.41. The molecule has 1 amide bonds. The highest BCUT2D eigenvalue weighted by molar-refractivity contribution is 9.10. The molecule has 102 valence electrons. The molecule has 0 spiro atoms. The number of halogens is 1. The van der Waals surface area contributed by atoms with Gasteiger partial charge in [-0.1, -0.05) is 31.4 Å². The van der Waals surface area contributed by atoms with Gasteiger partial charge in [0.25, 0.3) is 5.91 Å². The third kappa shape index (κ3) is 2.71. The summed E-state index contributed by atoms with van der Waals surface area (Å²) < 4.78 is 0.908. The minimum Gasteiger partial charge on any atom is -0.338 e. The van der Waals surface area contributed by atoms with Gasteiger partial charge in [-0.25, -0.2) is 0 Å². The molecular formula is C16H20BrNO. The molecule has 1 aromatic rings. The summed E-state index contributed by atoms with van der Waals surface area (Å²) in [7, 11) is 0.